The summed E-state index contributed by atoms with van der Waals surface area (Å²) < 4.78 is 5.05. The van der Waals surface area contributed by atoms with Gasteiger partial charge in [-0.3, -0.25) is 4.79 Å². The number of hydrogen-bond donors (Lipinski definition) is 1. The maximum absolute atomic E-state index is 11.5. The van der Waals surface area contributed by atoms with Crippen LogP contribution in [0.1, 0.15) is 21.5 Å². The van der Waals surface area contributed by atoms with Crippen LogP contribution < -0.4 is 5.32 Å². The number of halogens is 1. The Labute approximate surface area is 139 Å². The Kier molecular flexibility index (Phi) is 6.22. The number of rotatable bonds is 4. The lowest BCUT2D eigenvalue weighted by Gasteiger charge is -2.04. The number of nitrogens with one attached hydrogen (secondary N) is 1. The van der Waals surface area contributed by atoms with Gasteiger partial charge in [-0.25, -0.2) is 4.79 Å². The molecule has 0 atom stereocenters. The Morgan fingerprint density at radius 2 is 2.00 bits per heavy atom. The predicted octanol–water partition coefficient (Wildman–Crippen LogP) is 3.43. The third kappa shape index (κ3) is 5.85. The third-order valence-corrected chi connectivity index (χ3v) is 3.04. The second-order valence-corrected chi connectivity index (χ2v) is 5.04. The molecule has 0 saturated heterocycles. The van der Waals surface area contributed by atoms with E-state index in [1.807, 2.05) is 30.3 Å². The minimum atomic E-state index is -0.539. The van der Waals surface area contributed by atoms with Gasteiger partial charge in [0, 0.05) is 16.1 Å². The fraction of sp³-hybridized carbons (Fsp3) is 0.111. The van der Waals surface area contributed by atoms with Crippen molar-refractivity contribution in [1.82, 2.24) is 5.32 Å². The van der Waals surface area contributed by atoms with Gasteiger partial charge in [-0.1, -0.05) is 53.8 Å². The van der Waals surface area contributed by atoms with Gasteiger partial charge in [0.1, 0.15) is 12.9 Å². The van der Waals surface area contributed by atoms with Crippen molar-refractivity contribution in [1.29, 1.82) is 0 Å². The van der Waals surface area contributed by atoms with Crippen molar-refractivity contribution < 1.29 is 14.3 Å². The zero-order valence-corrected chi connectivity index (χ0v) is 13.0. The molecule has 23 heavy (non-hydrogen) atoms. The van der Waals surface area contributed by atoms with E-state index >= 15 is 0 Å². The minimum Gasteiger partial charge on any atom is -0.445 e. The average molecular weight is 328 g/mol. The summed E-state index contributed by atoms with van der Waals surface area (Å²) in [5, 5.41) is 2.97. The number of aldehydes is 1. The molecule has 0 fully saturated rings. The molecule has 2 aromatic rings. The van der Waals surface area contributed by atoms with Crippen LogP contribution in [0.5, 0.6) is 0 Å². The first-order valence-corrected chi connectivity index (χ1v) is 7.24. The van der Waals surface area contributed by atoms with Gasteiger partial charge < -0.3 is 10.1 Å². The van der Waals surface area contributed by atoms with Gasteiger partial charge in [-0.15, -0.1) is 0 Å². The molecule has 116 valence electrons. The number of amides is 1. The van der Waals surface area contributed by atoms with Gasteiger partial charge in [-0.2, -0.15) is 0 Å². The molecular weight excluding hydrogens is 314 g/mol. The lowest BCUT2D eigenvalue weighted by Crippen LogP contribution is -2.24. The maximum Gasteiger partial charge on any atom is 0.408 e. The van der Waals surface area contributed by atoms with Crippen LogP contribution in [0.4, 0.5) is 4.79 Å². The molecule has 5 heteroatoms. The minimum absolute atomic E-state index is 0.135. The molecule has 0 saturated carbocycles. The Morgan fingerprint density at radius 1 is 1.22 bits per heavy atom. The van der Waals surface area contributed by atoms with E-state index in [9.17, 15) is 9.59 Å². The average Bonchev–Trinajstić information content (AvgIpc) is 2.57. The summed E-state index contributed by atoms with van der Waals surface area (Å²) in [7, 11) is 0. The first kappa shape index (κ1) is 16.6. The molecule has 1 N–H and O–H groups in total. The molecule has 0 unspecified atom stereocenters. The number of carbonyl (C=O) groups excluding carboxylic acids is 2. The smallest absolute Gasteiger partial charge is 0.408 e. The van der Waals surface area contributed by atoms with Crippen molar-refractivity contribution in [2.24, 2.45) is 0 Å². The summed E-state index contributed by atoms with van der Waals surface area (Å²) in [5.41, 5.74) is 1.98. The summed E-state index contributed by atoms with van der Waals surface area (Å²) in [6.07, 6.45) is 0.166. The van der Waals surface area contributed by atoms with Gasteiger partial charge in [0.05, 0.1) is 6.54 Å². The predicted molar refractivity (Wildman–Crippen MR) is 88.3 cm³/mol. The van der Waals surface area contributed by atoms with Crippen LogP contribution in [0.3, 0.4) is 0 Å². The summed E-state index contributed by atoms with van der Waals surface area (Å²) in [4.78, 5) is 22.3. The fourth-order valence-electron chi connectivity index (χ4n) is 1.79. The van der Waals surface area contributed by atoms with E-state index in [1.54, 1.807) is 18.2 Å². The van der Waals surface area contributed by atoms with Crippen LogP contribution in [-0.2, 0) is 11.3 Å². The highest BCUT2D eigenvalue weighted by atomic mass is 35.5. The number of alkyl carbamates (subject to hydrolysis) is 1. The van der Waals surface area contributed by atoms with Crippen molar-refractivity contribution in [3.8, 4) is 11.8 Å². The first-order chi connectivity index (χ1) is 11.2. The van der Waals surface area contributed by atoms with E-state index in [0.29, 0.717) is 22.4 Å². The molecule has 0 bridgehead atoms. The van der Waals surface area contributed by atoms with E-state index in [2.05, 4.69) is 17.2 Å². The number of benzene rings is 2. The lowest BCUT2D eigenvalue weighted by atomic mass is 10.1. The third-order valence-electron chi connectivity index (χ3n) is 2.82. The molecule has 1 amide bonds. The van der Waals surface area contributed by atoms with E-state index in [-0.39, 0.29) is 13.2 Å². The Bertz CT molecular complexity index is 748. The highest BCUT2D eigenvalue weighted by molar-refractivity contribution is 6.31. The molecule has 0 aliphatic rings. The largest absolute Gasteiger partial charge is 0.445 e. The SMILES string of the molecule is O=Cc1cc(Cl)cc(C#CCNC(=O)OCc2ccccc2)c1. The molecule has 0 heterocycles. The molecular formula is C18H14ClNO3. The molecule has 0 aromatic heterocycles. The summed E-state index contributed by atoms with van der Waals surface area (Å²) >= 11 is 5.88. The second-order valence-electron chi connectivity index (χ2n) is 4.61. The normalized spacial score (nSPS) is 9.43. The van der Waals surface area contributed by atoms with Gasteiger partial charge in [0.2, 0.25) is 0 Å². The second kappa shape index (κ2) is 8.62. The van der Waals surface area contributed by atoms with Crippen molar-refractivity contribution in [3.05, 3.63) is 70.2 Å². The van der Waals surface area contributed by atoms with Crippen LogP contribution in [-0.4, -0.2) is 18.9 Å². The number of carbonyl (C=O) groups is 2. The van der Waals surface area contributed by atoms with Gasteiger partial charge in [0.25, 0.3) is 0 Å². The van der Waals surface area contributed by atoms with Crippen LogP contribution in [0.15, 0.2) is 48.5 Å². The highest BCUT2D eigenvalue weighted by Crippen LogP contribution is 2.13. The fourth-order valence-corrected chi connectivity index (χ4v) is 2.03. The van der Waals surface area contributed by atoms with Crippen molar-refractivity contribution in [2.75, 3.05) is 6.54 Å². The molecule has 4 nitrogen and oxygen atoms in total. The van der Waals surface area contributed by atoms with Crippen molar-refractivity contribution >= 4 is 24.0 Å². The van der Waals surface area contributed by atoms with E-state index in [0.717, 1.165) is 5.56 Å². The zero-order valence-electron chi connectivity index (χ0n) is 12.2. The Balaban J connectivity index is 1.80. The quantitative estimate of drug-likeness (QED) is 0.691. The highest BCUT2D eigenvalue weighted by Gasteiger charge is 2.00. The van der Waals surface area contributed by atoms with Crippen LogP contribution in [0.2, 0.25) is 5.02 Å². The van der Waals surface area contributed by atoms with Gasteiger partial charge in [-0.05, 0) is 23.8 Å². The Hall–Kier alpha value is -2.77. The van der Waals surface area contributed by atoms with E-state index in [4.69, 9.17) is 16.3 Å². The number of hydrogen-bond acceptors (Lipinski definition) is 3. The first-order valence-electron chi connectivity index (χ1n) is 6.86. The Morgan fingerprint density at radius 3 is 2.74 bits per heavy atom. The maximum atomic E-state index is 11.5. The van der Waals surface area contributed by atoms with E-state index < -0.39 is 6.09 Å². The monoisotopic (exact) mass is 327 g/mol. The van der Waals surface area contributed by atoms with Gasteiger partial charge in [0.15, 0.2) is 0 Å². The molecule has 0 radical (unpaired) electrons. The zero-order chi connectivity index (χ0) is 16.5. The summed E-state index contributed by atoms with van der Waals surface area (Å²) in [6, 6.07) is 14.2. The van der Waals surface area contributed by atoms with Crippen molar-refractivity contribution in [3.63, 3.8) is 0 Å². The summed E-state index contributed by atoms with van der Waals surface area (Å²) in [5.74, 6) is 5.60. The molecule has 0 aliphatic carbocycles. The molecule has 0 aliphatic heterocycles. The summed E-state index contributed by atoms with van der Waals surface area (Å²) in [6.45, 7) is 0.341. The van der Waals surface area contributed by atoms with Gasteiger partial charge >= 0.3 is 6.09 Å². The van der Waals surface area contributed by atoms with Crippen molar-refractivity contribution in [2.45, 2.75) is 6.61 Å². The molecule has 2 rings (SSSR count). The molecule has 2 aromatic carbocycles. The number of ether oxygens (including phenoxy) is 1. The van der Waals surface area contributed by atoms with Crippen LogP contribution in [0.25, 0.3) is 0 Å². The topological polar surface area (TPSA) is 55.4 Å². The van der Waals surface area contributed by atoms with Crippen LogP contribution in [0, 0.1) is 11.8 Å². The van der Waals surface area contributed by atoms with E-state index in [1.165, 1.54) is 0 Å². The lowest BCUT2D eigenvalue weighted by molar-refractivity contribution is 0.112. The standard InChI is InChI=1S/C18H14ClNO3/c19-17-10-15(9-16(11-17)12-21)7-4-8-20-18(22)23-13-14-5-2-1-3-6-14/h1-3,5-6,9-12H,8,13H2,(H,20,22). The molecule has 0 spiro atoms. The van der Waals surface area contributed by atoms with Crippen LogP contribution >= 0.6 is 11.6 Å².